The monoisotopic (exact) mass is 331 g/mol. The Labute approximate surface area is 143 Å². The van der Waals surface area contributed by atoms with Crippen molar-refractivity contribution in [2.75, 3.05) is 13.2 Å². The van der Waals surface area contributed by atoms with Crippen LogP contribution in [0.2, 0.25) is 0 Å². The van der Waals surface area contributed by atoms with Crippen molar-refractivity contribution in [3.8, 4) is 5.75 Å². The molecule has 0 aliphatic rings. The van der Waals surface area contributed by atoms with Gasteiger partial charge in [0.1, 0.15) is 12.4 Å². The average Bonchev–Trinajstić information content (AvgIpc) is 2.61. The van der Waals surface area contributed by atoms with Crippen LogP contribution in [-0.4, -0.2) is 24.4 Å². The molecule has 24 heavy (non-hydrogen) atoms. The van der Waals surface area contributed by atoms with Crippen molar-refractivity contribution in [2.24, 2.45) is 0 Å². The summed E-state index contributed by atoms with van der Waals surface area (Å²) in [7, 11) is 0. The maximum atomic E-state index is 12.1. The normalized spacial score (nSPS) is 13.5. The van der Waals surface area contributed by atoms with Crippen molar-refractivity contribution in [2.45, 2.75) is 39.0 Å². The molecule has 0 aromatic heterocycles. The number of alkyl halides is 1. The number of ether oxygens (including phenoxy) is 1. The van der Waals surface area contributed by atoms with Gasteiger partial charge in [-0.25, -0.2) is 0 Å². The molecule has 2 atom stereocenters. The lowest BCUT2D eigenvalue weighted by molar-refractivity contribution is 0.135. The molecular formula is C20H26FNO2. The fourth-order valence-corrected chi connectivity index (χ4v) is 2.55. The summed E-state index contributed by atoms with van der Waals surface area (Å²) >= 11 is 0. The van der Waals surface area contributed by atoms with Crippen LogP contribution >= 0.6 is 0 Å². The summed E-state index contributed by atoms with van der Waals surface area (Å²) in [6, 6.07) is 15.6. The van der Waals surface area contributed by atoms with Gasteiger partial charge in [-0.1, -0.05) is 36.4 Å². The third-order valence-corrected chi connectivity index (χ3v) is 4.03. The number of benzene rings is 2. The zero-order valence-corrected chi connectivity index (χ0v) is 14.3. The molecule has 0 aliphatic carbocycles. The van der Waals surface area contributed by atoms with Crippen LogP contribution in [-0.2, 0) is 6.61 Å². The molecule has 3 nitrogen and oxygen atoms in total. The Balaban J connectivity index is 1.95. The number of hydrogen-bond donors (Lipinski definition) is 2. The Morgan fingerprint density at radius 2 is 1.92 bits per heavy atom. The first-order valence-electron chi connectivity index (χ1n) is 8.36. The zero-order valence-electron chi connectivity index (χ0n) is 14.3. The highest BCUT2D eigenvalue weighted by Gasteiger charge is 2.16. The van der Waals surface area contributed by atoms with E-state index in [-0.39, 0.29) is 12.7 Å². The quantitative estimate of drug-likeness (QED) is 0.684. The molecule has 0 saturated heterocycles. The summed E-state index contributed by atoms with van der Waals surface area (Å²) in [4.78, 5) is 0. The highest BCUT2D eigenvalue weighted by atomic mass is 19.1. The predicted octanol–water partition coefficient (Wildman–Crippen LogP) is 3.95. The molecule has 0 radical (unpaired) electrons. The fraction of sp³-hybridized carbons (Fsp3) is 0.400. The molecule has 0 amide bonds. The minimum absolute atomic E-state index is 0.132. The van der Waals surface area contributed by atoms with Crippen molar-refractivity contribution in [1.82, 2.24) is 5.32 Å². The van der Waals surface area contributed by atoms with E-state index >= 15 is 0 Å². The standard InChI is InChI=1S/C20H26FNO2/c1-15-13-18(20(23)16(2)22-12-6-11-21)9-10-19(15)24-14-17-7-4-3-5-8-17/h3-5,7-10,13,16,20,22-23H,6,11-12,14H2,1-2H3. The predicted molar refractivity (Wildman–Crippen MR) is 95.0 cm³/mol. The lowest BCUT2D eigenvalue weighted by Crippen LogP contribution is -2.33. The summed E-state index contributed by atoms with van der Waals surface area (Å²) in [5.41, 5.74) is 2.94. The number of halogens is 1. The van der Waals surface area contributed by atoms with Crippen molar-refractivity contribution < 1.29 is 14.2 Å². The fourth-order valence-electron chi connectivity index (χ4n) is 2.55. The van der Waals surface area contributed by atoms with Gasteiger partial charge in [-0.15, -0.1) is 0 Å². The SMILES string of the molecule is Cc1cc(C(O)C(C)NCCCF)ccc1OCc1ccccc1. The lowest BCUT2D eigenvalue weighted by atomic mass is 10.0. The molecule has 0 bridgehead atoms. The number of rotatable bonds is 9. The van der Waals surface area contributed by atoms with E-state index in [4.69, 9.17) is 4.74 Å². The van der Waals surface area contributed by atoms with E-state index in [1.54, 1.807) is 0 Å². The first-order chi connectivity index (χ1) is 11.6. The van der Waals surface area contributed by atoms with E-state index in [1.807, 2.05) is 62.4 Å². The van der Waals surface area contributed by atoms with Crippen molar-refractivity contribution in [3.05, 3.63) is 65.2 Å². The van der Waals surface area contributed by atoms with Crippen LogP contribution in [0.4, 0.5) is 4.39 Å². The number of nitrogens with one attached hydrogen (secondary N) is 1. The van der Waals surface area contributed by atoms with Crippen molar-refractivity contribution in [1.29, 1.82) is 0 Å². The summed E-state index contributed by atoms with van der Waals surface area (Å²) in [5.74, 6) is 0.813. The van der Waals surface area contributed by atoms with Gasteiger partial charge in [-0.3, -0.25) is 4.39 Å². The maximum absolute atomic E-state index is 12.1. The van der Waals surface area contributed by atoms with E-state index in [2.05, 4.69) is 5.32 Å². The van der Waals surface area contributed by atoms with Gasteiger partial charge >= 0.3 is 0 Å². The van der Waals surface area contributed by atoms with Crippen LogP contribution in [0.5, 0.6) is 5.75 Å². The smallest absolute Gasteiger partial charge is 0.122 e. The Hall–Kier alpha value is -1.91. The average molecular weight is 331 g/mol. The van der Waals surface area contributed by atoms with Crippen LogP contribution in [0.25, 0.3) is 0 Å². The summed E-state index contributed by atoms with van der Waals surface area (Å²) in [6.45, 7) is 4.61. The second-order valence-corrected chi connectivity index (χ2v) is 6.03. The molecule has 2 rings (SSSR count). The van der Waals surface area contributed by atoms with Gasteiger partial charge in [0, 0.05) is 6.04 Å². The number of aryl methyl sites for hydroxylation is 1. The van der Waals surface area contributed by atoms with E-state index in [0.29, 0.717) is 19.6 Å². The van der Waals surface area contributed by atoms with Crippen LogP contribution in [0.3, 0.4) is 0 Å². The van der Waals surface area contributed by atoms with E-state index in [1.165, 1.54) is 0 Å². The number of hydrogen-bond acceptors (Lipinski definition) is 3. The molecule has 0 fully saturated rings. The zero-order chi connectivity index (χ0) is 17.4. The largest absolute Gasteiger partial charge is 0.489 e. The molecule has 4 heteroatoms. The first-order valence-corrected chi connectivity index (χ1v) is 8.36. The van der Waals surface area contributed by atoms with Gasteiger partial charge < -0.3 is 15.2 Å². The van der Waals surface area contributed by atoms with E-state index < -0.39 is 6.10 Å². The summed E-state index contributed by atoms with van der Waals surface area (Å²) in [5, 5.41) is 13.6. The van der Waals surface area contributed by atoms with Crippen molar-refractivity contribution >= 4 is 0 Å². The Bertz CT molecular complexity index is 618. The first kappa shape index (κ1) is 18.4. The van der Waals surface area contributed by atoms with Crippen LogP contribution < -0.4 is 10.1 Å². The van der Waals surface area contributed by atoms with E-state index in [9.17, 15) is 9.50 Å². The molecule has 130 valence electrons. The molecule has 0 saturated carbocycles. The van der Waals surface area contributed by atoms with Gasteiger partial charge in [0.2, 0.25) is 0 Å². The van der Waals surface area contributed by atoms with Gasteiger partial charge in [0.15, 0.2) is 0 Å². The lowest BCUT2D eigenvalue weighted by Gasteiger charge is -2.21. The highest BCUT2D eigenvalue weighted by molar-refractivity contribution is 5.37. The molecule has 2 aromatic rings. The minimum atomic E-state index is -0.633. The second kappa shape index (κ2) is 9.40. The Morgan fingerprint density at radius 1 is 1.17 bits per heavy atom. The molecule has 0 aliphatic heterocycles. The van der Waals surface area contributed by atoms with Gasteiger partial charge in [-0.05, 0) is 55.6 Å². The summed E-state index contributed by atoms with van der Waals surface area (Å²) in [6.07, 6.45) is -0.172. The molecule has 2 N–H and O–H groups in total. The third-order valence-electron chi connectivity index (χ3n) is 4.03. The van der Waals surface area contributed by atoms with E-state index in [0.717, 1.165) is 22.4 Å². The van der Waals surface area contributed by atoms with Crippen LogP contribution in [0, 0.1) is 6.92 Å². The third kappa shape index (κ3) is 5.32. The number of aliphatic hydroxyl groups is 1. The van der Waals surface area contributed by atoms with Crippen LogP contribution in [0.15, 0.2) is 48.5 Å². The Kier molecular flexibility index (Phi) is 7.22. The second-order valence-electron chi connectivity index (χ2n) is 6.03. The molecular weight excluding hydrogens is 305 g/mol. The molecule has 2 unspecified atom stereocenters. The summed E-state index contributed by atoms with van der Waals surface area (Å²) < 4.78 is 18.0. The topological polar surface area (TPSA) is 41.5 Å². The highest BCUT2D eigenvalue weighted by Crippen LogP contribution is 2.25. The molecule has 0 heterocycles. The van der Waals surface area contributed by atoms with Gasteiger partial charge in [0.05, 0.1) is 12.8 Å². The minimum Gasteiger partial charge on any atom is -0.489 e. The Morgan fingerprint density at radius 3 is 2.58 bits per heavy atom. The van der Waals surface area contributed by atoms with Gasteiger partial charge in [-0.2, -0.15) is 0 Å². The van der Waals surface area contributed by atoms with Crippen molar-refractivity contribution in [3.63, 3.8) is 0 Å². The number of aliphatic hydroxyl groups excluding tert-OH is 1. The van der Waals surface area contributed by atoms with Gasteiger partial charge in [0.25, 0.3) is 0 Å². The maximum Gasteiger partial charge on any atom is 0.122 e. The van der Waals surface area contributed by atoms with Crippen LogP contribution in [0.1, 0.15) is 36.1 Å². The molecule has 2 aromatic carbocycles. The molecule has 0 spiro atoms.